The summed E-state index contributed by atoms with van der Waals surface area (Å²) in [6.45, 7) is 5.21. The summed E-state index contributed by atoms with van der Waals surface area (Å²) < 4.78 is 5.24. The second kappa shape index (κ2) is 2.04. The van der Waals surface area contributed by atoms with Crippen LogP contribution in [0.5, 0.6) is 0 Å². The van der Waals surface area contributed by atoms with Crippen molar-refractivity contribution < 1.29 is 14.6 Å². The summed E-state index contributed by atoms with van der Waals surface area (Å²) in [5.74, 6) is 0.0324. The molecule has 0 aromatic heterocycles. The molecule has 2 unspecified atom stereocenters. The van der Waals surface area contributed by atoms with E-state index in [4.69, 9.17) is 9.53 Å². The molecule has 0 saturated carbocycles. The van der Waals surface area contributed by atoms with Crippen LogP contribution in [0.15, 0.2) is 0 Å². The molecule has 1 heterocycles. The number of aliphatic hydroxyl groups is 1. The second-order valence-corrected chi connectivity index (χ2v) is 3.19. The third-order valence-electron chi connectivity index (χ3n) is 1.84. The standard InChI is InChI=1S/C7H12O3/c1-4-5(8)6(9)7(2,3)10-4/h4,6,9H,1-3H3/p+1. The SMILES string of the molecule is CC1OC(C)(C)C(O)C1=[OH+]. The van der Waals surface area contributed by atoms with Crippen molar-refractivity contribution in [2.45, 2.75) is 38.6 Å². The van der Waals surface area contributed by atoms with Crippen LogP contribution in [0.1, 0.15) is 20.8 Å². The molecule has 58 valence electrons. The van der Waals surface area contributed by atoms with Crippen LogP contribution in [-0.2, 0) is 4.74 Å². The van der Waals surface area contributed by atoms with Crippen LogP contribution in [0, 0.1) is 0 Å². The van der Waals surface area contributed by atoms with E-state index in [0.29, 0.717) is 0 Å². The molecule has 3 heteroatoms. The molecule has 1 saturated heterocycles. The molecule has 1 aliphatic rings. The lowest BCUT2D eigenvalue weighted by Crippen LogP contribution is -2.35. The van der Waals surface area contributed by atoms with Crippen LogP contribution in [0.3, 0.4) is 0 Å². The lowest BCUT2D eigenvalue weighted by atomic mass is 10.0. The Morgan fingerprint density at radius 1 is 1.60 bits per heavy atom. The first kappa shape index (κ1) is 7.69. The molecular weight excluding hydrogens is 132 g/mol. The predicted octanol–water partition coefficient (Wildman–Crippen LogP) is 0.0895. The van der Waals surface area contributed by atoms with Gasteiger partial charge < -0.3 is 9.84 Å². The largest absolute Gasteiger partial charge is 0.377 e. The van der Waals surface area contributed by atoms with E-state index in [9.17, 15) is 5.11 Å². The Bertz CT molecular complexity index is 162. The van der Waals surface area contributed by atoms with E-state index in [2.05, 4.69) is 0 Å². The molecule has 2 N–H and O–H groups in total. The second-order valence-electron chi connectivity index (χ2n) is 3.19. The molecule has 0 spiro atoms. The van der Waals surface area contributed by atoms with Gasteiger partial charge in [-0.2, -0.15) is 0 Å². The molecule has 1 rings (SSSR count). The normalized spacial score (nSPS) is 38.6. The zero-order valence-corrected chi connectivity index (χ0v) is 6.46. The maximum atomic E-state index is 9.28. The Balaban J connectivity index is 2.81. The van der Waals surface area contributed by atoms with Gasteiger partial charge in [0.1, 0.15) is 5.60 Å². The lowest BCUT2D eigenvalue weighted by molar-refractivity contribution is -0.0511. The summed E-state index contributed by atoms with van der Waals surface area (Å²) in [4.78, 5) is 9.14. The molecular formula is C7H13O3+. The fraction of sp³-hybridized carbons (Fsp3) is 0.857. The Morgan fingerprint density at radius 3 is 2.20 bits per heavy atom. The van der Waals surface area contributed by atoms with Gasteiger partial charge in [0, 0.05) is 0 Å². The Kier molecular flexibility index (Phi) is 1.57. The van der Waals surface area contributed by atoms with Gasteiger partial charge in [0.2, 0.25) is 0 Å². The minimum absolute atomic E-state index is 0.0324. The predicted molar refractivity (Wildman–Crippen MR) is 37.6 cm³/mol. The molecule has 0 aromatic carbocycles. The summed E-state index contributed by atoms with van der Waals surface area (Å²) in [5.41, 5.74) is -0.635. The monoisotopic (exact) mass is 145 g/mol. The van der Waals surface area contributed by atoms with E-state index in [-0.39, 0.29) is 11.9 Å². The summed E-state index contributed by atoms with van der Waals surface area (Å²) >= 11 is 0. The minimum Gasteiger partial charge on any atom is -0.377 e. The first-order chi connectivity index (χ1) is 4.45. The lowest BCUT2D eigenvalue weighted by Gasteiger charge is -2.18. The zero-order valence-electron chi connectivity index (χ0n) is 6.46. The number of hydrogen-bond donors (Lipinski definition) is 1. The summed E-state index contributed by atoms with van der Waals surface area (Å²) in [6, 6.07) is 0. The highest BCUT2D eigenvalue weighted by atomic mass is 16.5. The highest BCUT2D eigenvalue weighted by molar-refractivity contribution is 5.90. The van der Waals surface area contributed by atoms with E-state index < -0.39 is 11.7 Å². The van der Waals surface area contributed by atoms with Crippen LogP contribution in [0.2, 0.25) is 0 Å². The van der Waals surface area contributed by atoms with Crippen LogP contribution in [0.4, 0.5) is 0 Å². The molecule has 3 nitrogen and oxygen atoms in total. The van der Waals surface area contributed by atoms with Crippen molar-refractivity contribution in [3.8, 4) is 0 Å². The average Bonchev–Trinajstić information content (AvgIpc) is 1.95. The minimum atomic E-state index is -0.845. The van der Waals surface area contributed by atoms with Crippen molar-refractivity contribution >= 4 is 5.78 Å². The van der Waals surface area contributed by atoms with E-state index in [1.54, 1.807) is 20.8 Å². The number of hydrogen-bond acceptors (Lipinski definition) is 2. The Morgan fingerprint density at radius 2 is 2.10 bits per heavy atom. The molecule has 0 bridgehead atoms. The highest BCUT2D eigenvalue weighted by Gasteiger charge is 2.50. The fourth-order valence-corrected chi connectivity index (χ4v) is 1.16. The number of ether oxygens (including phenoxy) is 1. The van der Waals surface area contributed by atoms with Gasteiger partial charge in [-0.15, -0.1) is 0 Å². The first-order valence-corrected chi connectivity index (χ1v) is 3.37. The molecule has 0 aliphatic carbocycles. The molecule has 1 fully saturated rings. The van der Waals surface area contributed by atoms with E-state index >= 15 is 0 Å². The van der Waals surface area contributed by atoms with Crippen molar-refractivity contribution in [1.29, 1.82) is 0 Å². The topological polar surface area (TPSA) is 50.9 Å². The number of carbonyl (C=O) groups excluding carboxylic acids is 1. The van der Waals surface area contributed by atoms with Crippen LogP contribution in [0.25, 0.3) is 0 Å². The smallest absolute Gasteiger partial charge is 0.352 e. The van der Waals surface area contributed by atoms with Gasteiger partial charge in [0.15, 0.2) is 12.2 Å². The fourth-order valence-electron chi connectivity index (χ4n) is 1.16. The van der Waals surface area contributed by atoms with Gasteiger partial charge in [0.25, 0.3) is 0 Å². The van der Waals surface area contributed by atoms with Gasteiger partial charge >= 0.3 is 5.78 Å². The van der Waals surface area contributed by atoms with Crippen molar-refractivity contribution in [2.75, 3.05) is 0 Å². The van der Waals surface area contributed by atoms with Crippen molar-refractivity contribution in [3.05, 3.63) is 0 Å². The summed E-state index contributed by atoms with van der Waals surface area (Å²) in [5, 5.41) is 9.28. The molecule has 2 atom stereocenters. The van der Waals surface area contributed by atoms with Crippen molar-refractivity contribution in [2.24, 2.45) is 0 Å². The Hall–Kier alpha value is -0.410. The third-order valence-corrected chi connectivity index (χ3v) is 1.84. The van der Waals surface area contributed by atoms with Gasteiger partial charge in [-0.25, -0.2) is 0 Å². The van der Waals surface area contributed by atoms with Crippen LogP contribution in [-0.4, -0.2) is 33.5 Å². The van der Waals surface area contributed by atoms with Crippen LogP contribution < -0.4 is 0 Å². The molecule has 0 radical (unpaired) electrons. The average molecular weight is 145 g/mol. The molecule has 0 aromatic rings. The van der Waals surface area contributed by atoms with E-state index in [1.165, 1.54) is 0 Å². The van der Waals surface area contributed by atoms with Crippen LogP contribution >= 0.6 is 0 Å². The molecule has 0 amide bonds. The number of aliphatic hydroxyl groups excluding tert-OH is 1. The maximum absolute atomic E-state index is 9.28. The zero-order chi connectivity index (χ0) is 7.94. The van der Waals surface area contributed by atoms with E-state index in [0.717, 1.165) is 0 Å². The van der Waals surface area contributed by atoms with Gasteiger partial charge in [-0.05, 0) is 20.8 Å². The van der Waals surface area contributed by atoms with Gasteiger partial charge in [-0.1, -0.05) is 0 Å². The summed E-state index contributed by atoms with van der Waals surface area (Å²) in [6.07, 6.45) is -1.19. The van der Waals surface area contributed by atoms with Gasteiger partial charge in [-0.3, -0.25) is 4.79 Å². The maximum Gasteiger partial charge on any atom is 0.352 e. The molecule has 1 aliphatic heterocycles. The third kappa shape index (κ3) is 0.954. The first-order valence-electron chi connectivity index (χ1n) is 3.37. The van der Waals surface area contributed by atoms with Crippen molar-refractivity contribution in [3.63, 3.8) is 0 Å². The summed E-state index contributed by atoms with van der Waals surface area (Å²) in [7, 11) is 0. The van der Waals surface area contributed by atoms with Crippen molar-refractivity contribution in [1.82, 2.24) is 0 Å². The Labute approximate surface area is 60.0 Å². The number of rotatable bonds is 0. The highest BCUT2D eigenvalue weighted by Crippen LogP contribution is 2.26. The van der Waals surface area contributed by atoms with E-state index in [1.807, 2.05) is 0 Å². The quantitative estimate of drug-likeness (QED) is 0.491. The van der Waals surface area contributed by atoms with Gasteiger partial charge in [0.05, 0.1) is 0 Å². The molecule has 10 heavy (non-hydrogen) atoms. The number of ketones is 1.